The second-order valence-corrected chi connectivity index (χ2v) is 5.22. The molecule has 21 heavy (non-hydrogen) atoms. The predicted octanol–water partition coefficient (Wildman–Crippen LogP) is 1.83. The fourth-order valence-corrected chi connectivity index (χ4v) is 2.69. The fraction of sp³-hybridized carbons (Fsp3) is 0.312. The molecule has 1 fully saturated rings. The van der Waals surface area contributed by atoms with Crippen molar-refractivity contribution in [2.75, 3.05) is 24.5 Å². The van der Waals surface area contributed by atoms with Crippen LogP contribution in [0, 0.1) is 0 Å². The lowest BCUT2D eigenvalue weighted by Crippen LogP contribution is -2.54. The lowest BCUT2D eigenvalue weighted by Gasteiger charge is -2.40. The zero-order chi connectivity index (χ0) is 14.7. The maximum Gasteiger partial charge on any atom is 0.274 e. The summed E-state index contributed by atoms with van der Waals surface area (Å²) in [6, 6.07) is 10.4. The molecule has 0 bridgehead atoms. The van der Waals surface area contributed by atoms with Crippen LogP contribution in [0.3, 0.4) is 0 Å². The van der Waals surface area contributed by atoms with Crippen LogP contribution in [0.1, 0.15) is 17.4 Å². The molecule has 0 aliphatic carbocycles. The summed E-state index contributed by atoms with van der Waals surface area (Å²) in [5.41, 5.74) is 1.62. The van der Waals surface area contributed by atoms with E-state index in [0.29, 0.717) is 12.2 Å². The van der Waals surface area contributed by atoms with Gasteiger partial charge < -0.3 is 9.80 Å². The topological polar surface area (TPSA) is 49.3 Å². The Morgan fingerprint density at radius 2 is 2.00 bits per heavy atom. The first kappa shape index (κ1) is 13.5. The lowest BCUT2D eigenvalue weighted by molar-refractivity contribution is 0.0667. The number of nitrogens with zero attached hydrogens (tertiary/aromatic N) is 4. The van der Waals surface area contributed by atoms with E-state index in [1.807, 2.05) is 23.1 Å². The van der Waals surface area contributed by atoms with Gasteiger partial charge in [0.1, 0.15) is 5.69 Å². The van der Waals surface area contributed by atoms with E-state index in [1.54, 1.807) is 12.4 Å². The highest BCUT2D eigenvalue weighted by molar-refractivity contribution is 5.92. The maximum absolute atomic E-state index is 12.5. The van der Waals surface area contributed by atoms with Crippen LogP contribution in [0.25, 0.3) is 0 Å². The highest BCUT2D eigenvalue weighted by Gasteiger charge is 2.28. The third-order valence-electron chi connectivity index (χ3n) is 3.79. The molecule has 1 unspecified atom stereocenters. The van der Waals surface area contributed by atoms with Gasteiger partial charge in [-0.3, -0.25) is 9.78 Å². The Morgan fingerprint density at radius 3 is 2.67 bits per heavy atom. The highest BCUT2D eigenvalue weighted by Crippen LogP contribution is 2.19. The molecule has 0 spiro atoms. The number of piperazine rings is 1. The number of amides is 1. The van der Waals surface area contributed by atoms with Crippen LogP contribution in [0.5, 0.6) is 0 Å². The maximum atomic E-state index is 12.5. The van der Waals surface area contributed by atoms with Gasteiger partial charge in [-0.1, -0.05) is 18.2 Å². The smallest absolute Gasteiger partial charge is 0.274 e. The first-order valence-electron chi connectivity index (χ1n) is 7.12. The summed E-state index contributed by atoms with van der Waals surface area (Å²) in [6.45, 7) is 4.44. The number of hydrogen-bond acceptors (Lipinski definition) is 4. The van der Waals surface area contributed by atoms with Gasteiger partial charge in [-0.25, -0.2) is 4.98 Å². The van der Waals surface area contributed by atoms with E-state index in [-0.39, 0.29) is 11.9 Å². The Bertz CT molecular complexity index is 602. The van der Waals surface area contributed by atoms with Gasteiger partial charge in [0, 0.05) is 43.8 Å². The lowest BCUT2D eigenvalue weighted by atomic mass is 10.1. The molecule has 3 rings (SSSR count). The Hall–Kier alpha value is -2.43. The van der Waals surface area contributed by atoms with E-state index in [0.717, 1.165) is 13.1 Å². The fourth-order valence-electron chi connectivity index (χ4n) is 2.69. The minimum absolute atomic E-state index is 0.0386. The second kappa shape index (κ2) is 5.91. The summed E-state index contributed by atoms with van der Waals surface area (Å²) in [6.07, 6.45) is 4.66. The van der Waals surface area contributed by atoms with Gasteiger partial charge in [0.25, 0.3) is 5.91 Å². The third-order valence-corrected chi connectivity index (χ3v) is 3.79. The number of anilines is 1. The zero-order valence-corrected chi connectivity index (χ0v) is 12.0. The van der Waals surface area contributed by atoms with Gasteiger partial charge in [0.05, 0.1) is 6.20 Å². The molecule has 1 aromatic heterocycles. The minimum Gasteiger partial charge on any atom is -0.368 e. The first-order chi connectivity index (χ1) is 10.3. The van der Waals surface area contributed by atoms with Crippen molar-refractivity contribution >= 4 is 11.6 Å². The molecule has 1 amide bonds. The van der Waals surface area contributed by atoms with Gasteiger partial charge in [0.2, 0.25) is 0 Å². The predicted molar refractivity (Wildman–Crippen MR) is 81.2 cm³/mol. The molecular weight excluding hydrogens is 264 g/mol. The van der Waals surface area contributed by atoms with Crippen LogP contribution >= 0.6 is 0 Å². The Labute approximate surface area is 124 Å². The largest absolute Gasteiger partial charge is 0.368 e. The van der Waals surface area contributed by atoms with Gasteiger partial charge in [-0.05, 0) is 19.1 Å². The number of carbonyl (C=O) groups excluding carboxylic acids is 1. The molecular formula is C16H18N4O. The summed E-state index contributed by atoms with van der Waals surface area (Å²) >= 11 is 0. The van der Waals surface area contributed by atoms with Crippen molar-refractivity contribution in [3.8, 4) is 0 Å². The molecule has 108 valence electrons. The third kappa shape index (κ3) is 2.86. The molecule has 1 aromatic carbocycles. The summed E-state index contributed by atoms with van der Waals surface area (Å²) < 4.78 is 0. The number of para-hydroxylation sites is 1. The minimum atomic E-state index is -0.0386. The van der Waals surface area contributed by atoms with Crippen LogP contribution in [0.4, 0.5) is 5.69 Å². The summed E-state index contributed by atoms with van der Waals surface area (Å²) in [5.74, 6) is -0.0386. The highest BCUT2D eigenvalue weighted by atomic mass is 16.2. The molecule has 2 aromatic rings. The number of rotatable bonds is 2. The van der Waals surface area contributed by atoms with Crippen LogP contribution in [-0.2, 0) is 0 Å². The van der Waals surface area contributed by atoms with Crippen molar-refractivity contribution in [1.29, 1.82) is 0 Å². The first-order valence-corrected chi connectivity index (χ1v) is 7.12. The van der Waals surface area contributed by atoms with Crippen molar-refractivity contribution in [3.05, 3.63) is 54.6 Å². The Kier molecular flexibility index (Phi) is 3.81. The van der Waals surface area contributed by atoms with Gasteiger partial charge in [-0.15, -0.1) is 0 Å². The van der Waals surface area contributed by atoms with E-state index in [4.69, 9.17) is 0 Å². The number of hydrogen-bond donors (Lipinski definition) is 0. The van der Waals surface area contributed by atoms with Crippen molar-refractivity contribution in [3.63, 3.8) is 0 Å². The number of carbonyl (C=O) groups is 1. The molecule has 5 nitrogen and oxygen atoms in total. The van der Waals surface area contributed by atoms with Gasteiger partial charge >= 0.3 is 0 Å². The summed E-state index contributed by atoms with van der Waals surface area (Å²) in [4.78, 5) is 24.7. The van der Waals surface area contributed by atoms with Crippen molar-refractivity contribution < 1.29 is 4.79 Å². The number of aromatic nitrogens is 2. The van der Waals surface area contributed by atoms with Crippen LogP contribution < -0.4 is 4.90 Å². The van der Waals surface area contributed by atoms with Crippen LogP contribution in [0.15, 0.2) is 48.9 Å². The zero-order valence-electron chi connectivity index (χ0n) is 12.0. The molecule has 0 radical (unpaired) electrons. The molecule has 1 saturated heterocycles. The molecule has 0 N–H and O–H groups in total. The Morgan fingerprint density at radius 1 is 1.19 bits per heavy atom. The molecule has 5 heteroatoms. The van der Waals surface area contributed by atoms with Gasteiger partial charge in [-0.2, -0.15) is 0 Å². The van der Waals surface area contributed by atoms with Crippen molar-refractivity contribution in [2.45, 2.75) is 13.0 Å². The van der Waals surface area contributed by atoms with E-state index < -0.39 is 0 Å². The SMILES string of the molecule is CC1CN(c2ccccc2)CCN1C(=O)c1cnccn1. The molecule has 2 heterocycles. The molecule has 1 aliphatic rings. The van der Waals surface area contributed by atoms with E-state index in [1.165, 1.54) is 11.9 Å². The standard InChI is InChI=1S/C16H18N4O/c1-13-12-19(14-5-3-2-4-6-14)9-10-20(13)16(21)15-11-17-7-8-18-15/h2-8,11,13H,9-10,12H2,1H3. The average Bonchev–Trinajstić information content (AvgIpc) is 2.56. The quantitative estimate of drug-likeness (QED) is 0.843. The van der Waals surface area contributed by atoms with E-state index in [2.05, 4.69) is 33.9 Å². The second-order valence-electron chi connectivity index (χ2n) is 5.22. The average molecular weight is 282 g/mol. The van der Waals surface area contributed by atoms with E-state index >= 15 is 0 Å². The van der Waals surface area contributed by atoms with Crippen LogP contribution in [0.2, 0.25) is 0 Å². The van der Waals surface area contributed by atoms with Crippen molar-refractivity contribution in [2.24, 2.45) is 0 Å². The van der Waals surface area contributed by atoms with Crippen molar-refractivity contribution in [1.82, 2.24) is 14.9 Å². The monoisotopic (exact) mass is 282 g/mol. The summed E-state index contributed by atoms with van der Waals surface area (Å²) in [7, 11) is 0. The Balaban J connectivity index is 1.70. The number of benzene rings is 1. The van der Waals surface area contributed by atoms with Crippen LogP contribution in [-0.4, -0.2) is 46.5 Å². The van der Waals surface area contributed by atoms with E-state index in [9.17, 15) is 4.79 Å². The molecule has 1 atom stereocenters. The molecule has 0 saturated carbocycles. The summed E-state index contributed by atoms with van der Waals surface area (Å²) in [5, 5.41) is 0. The normalized spacial score (nSPS) is 18.6. The van der Waals surface area contributed by atoms with Gasteiger partial charge in [0.15, 0.2) is 0 Å². The molecule has 1 aliphatic heterocycles.